The number of hydrogen-bond donors (Lipinski definition) is 0. The molecule has 2 aliphatic heterocycles. The second kappa shape index (κ2) is 6.58. The molecule has 6 nitrogen and oxygen atoms in total. The second-order valence-electron chi connectivity index (χ2n) is 6.94. The molecule has 5 rings (SSSR count). The van der Waals surface area contributed by atoms with E-state index in [9.17, 15) is 36.7 Å². The summed E-state index contributed by atoms with van der Waals surface area (Å²) in [5, 5.41) is 0. The SMILES string of the molecule is O=C1c2ccccc2C(=O)N1c1c(F)c(F)c(N2C(=O)c3ccccc3C2=O)c(F)c1F. The maximum Gasteiger partial charge on any atom is 0.266 e. The van der Waals surface area contributed by atoms with Gasteiger partial charge in [-0.1, -0.05) is 24.3 Å². The van der Waals surface area contributed by atoms with Crippen molar-refractivity contribution in [3.05, 3.63) is 94.1 Å². The molecule has 0 saturated carbocycles. The number of hydrogen-bond acceptors (Lipinski definition) is 4. The van der Waals surface area contributed by atoms with Crippen LogP contribution < -0.4 is 9.80 Å². The van der Waals surface area contributed by atoms with Crippen molar-refractivity contribution in [3.8, 4) is 0 Å². The Bertz CT molecular complexity index is 1210. The van der Waals surface area contributed by atoms with Crippen LogP contribution in [0.2, 0.25) is 0 Å². The number of amides is 4. The number of benzene rings is 3. The lowest BCUT2D eigenvalue weighted by molar-refractivity contribution is 0.0905. The van der Waals surface area contributed by atoms with Gasteiger partial charge in [-0.05, 0) is 24.3 Å². The highest BCUT2D eigenvalue weighted by atomic mass is 19.2. The zero-order valence-corrected chi connectivity index (χ0v) is 15.7. The molecular formula is C22H8F4N2O4. The van der Waals surface area contributed by atoms with Crippen molar-refractivity contribution < 1.29 is 36.7 Å². The number of halogens is 4. The maximum atomic E-state index is 15.0. The molecule has 0 radical (unpaired) electrons. The van der Waals surface area contributed by atoms with Crippen molar-refractivity contribution in [2.75, 3.05) is 9.80 Å². The van der Waals surface area contributed by atoms with Gasteiger partial charge in [0.25, 0.3) is 23.6 Å². The average Bonchev–Trinajstić information content (AvgIpc) is 3.19. The molecule has 2 aliphatic rings. The van der Waals surface area contributed by atoms with E-state index < -0.39 is 58.3 Å². The van der Waals surface area contributed by atoms with Gasteiger partial charge in [0, 0.05) is 0 Å². The number of anilines is 2. The monoisotopic (exact) mass is 440 g/mol. The Kier molecular flexibility index (Phi) is 4.03. The fourth-order valence-electron chi connectivity index (χ4n) is 3.79. The van der Waals surface area contributed by atoms with Crippen LogP contribution in [0.4, 0.5) is 28.9 Å². The quantitative estimate of drug-likeness (QED) is 0.345. The van der Waals surface area contributed by atoms with Crippen molar-refractivity contribution in [3.63, 3.8) is 0 Å². The summed E-state index contributed by atoms with van der Waals surface area (Å²) in [5.41, 5.74) is -3.98. The Balaban J connectivity index is 1.69. The molecule has 3 aromatic rings. The topological polar surface area (TPSA) is 74.8 Å². The summed E-state index contributed by atoms with van der Waals surface area (Å²) in [4.78, 5) is 50.1. The average molecular weight is 440 g/mol. The van der Waals surface area contributed by atoms with Crippen LogP contribution in [0.1, 0.15) is 41.4 Å². The minimum Gasteiger partial charge on any atom is -0.268 e. The van der Waals surface area contributed by atoms with Crippen LogP contribution in [0, 0.1) is 23.3 Å². The van der Waals surface area contributed by atoms with E-state index >= 15 is 0 Å². The summed E-state index contributed by atoms with van der Waals surface area (Å²) < 4.78 is 59.9. The van der Waals surface area contributed by atoms with Crippen LogP contribution in [0.3, 0.4) is 0 Å². The lowest BCUT2D eigenvalue weighted by Crippen LogP contribution is -2.35. The summed E-state index contributed by atoms with van der Waals surface area (Å²) in [5.74, 6) is -13.2. The van der Waals surface area contributed by atoms with Crippen LogP contribution in [0.25, 0.3) is 0 Å². The molecule has 4 amide bonds. The van der Waals surface area contributed by atoms with Crippen molar-refractivity contribution in [2.45, 2.75) is 0 Å². The number of fused-ring (bicyclic) bond motifs is 2. The number of imide groups is 2. The first kappa shape index (κ1) is 19.6. The van der Waals surface area contributed by atoms with E-state index in [1.807, 2.05) is 0 Å². The Morgan fingerprint density at radius 3 is 0.875 bits per heavy atom. The Morgan fingerprint density at radius 1 is 0.438 bits per heavy atom. The standard InChI is InChI=1S/C22H8F4N2O4/c23-13-15(25)18(28-21(31)11-7-3-4-8-12(11)22(28)32)16(26)14(24)17(13)27-19(29)9-5-1-2-6-10(9)20(27)30/h1-8H. The van der Waals surface area contributed by atoms with Crippen LogP contribution in [0.15, 0.2) is 48.5 Å². The molecule has 158 valence electrons. The summed E-state index contributed by atoms with van der Waals surface area (Å²) in [7, 11) is 0. The molecule has 0 aromatic heterocycles. The van der Waals surface area contributed by atoms with Gasteiger partial charge < -0.3 is 0 Å². The Hall–Kier alpha value is -4.34. The highest BCUT2D eigenvalue weighted by molar-refractivity contribution is 6.36. The lowest BCUT2D eigenvalue weighted by Gasteiger charge is -2.21. The van der Waals surface area contributed by atoms with Gasteiger partial charge in [-0.2, -0.15) is 0 Å². The molecule has 0 N–H and O–H groups in total. The van der Waals surface area contributed by atoms with E-state index in [4.69, 9.17) is 0 Å². The first-order chi connectivity index (χ1) is 15.3. The van der Waals surface area contributed by atoms with Gasteiger partial charge in [-0.15, -0.1) is 0 Å². The second-order valence-corrected chi connectivity index (χ2v) is 6.94. The van der Waals surface area contributed by atoms with E-state index in [0.717, 1.165) is 0 Å². The highest BCUT2D eigenvalue weighted by Gasteiger charge is 2.45. The predicted molar refractivity (Wildman–Crippen MR) is 101 cm³/mol. The Morgan fingerprint density at radius 2 is 0.656 bits per heavy atom. The highest BCUT2D eigenvalue weighted by Crippen LogP contribution is 2.41. The molecule has 0 fully saturated rings. The predicted octanol–water partition coefficient (Wildman–Crippen LogP) is 3.84. The minimum absolute atomic E-state index is 0.0202. The number of rotatable bonds is 2. The third-order valence-electron chi connectivity index (χ3n) is 5.25. The molecule has 0 aliphatic carbocycles. The van der Waals surface area contributed by atoms with Gasteiger partial charge in [0.15, 0.2) is 23.3 Å². The zero-order chi connectivity index (χ0) is 22.9. The summed E-state index contributed by atoms with van der Waals surface area (Å²) in [6, 6.07) is 10.4. The minimum atomic E-state index is -2.11. The lowest BCUT2D eigenvalue weighted by atomic mass is 10.1. The molecule has 3 aromatic carbocycles. The molecule has 32 heavy (non-hydrogen) atoms. The van der Waals surface area contributed by atoms with E-state index in [1.165, 1.54) is 48.5 Å². The first-order valence-electron chi connectivity index (χ1n) is 9.07. The molecule has 10 heteroatoms. The van der Waals surface area contributed by atoms with E-state index in [1.54, 1.807) is 0 Å². The van der Waals surface area contributed by atoms with Gasteiger partial charge in [-0.25, -0.2) is 27.4 Å². The van der Waals surface area contributed by atoms with Crippen molar-refractivity contribution >= 4 is 35.0 Å². The summed E-state index contributed by atoms with van der Waals surface area (Å²) in [6.45, 7) is 0. The van der Waals surface area contributed by atoms with E-state index in [0.29, 0.717) is 0 Å². The number of nitrogens with zero attached hydrogens (tertiary/aromatic N) is 2. The molecule has 0 spiro atoms. The largest absolute Gasteiger partial charge is 0.268 e. The van der Waals surface area contributed by atoms with Crippen LogP contribution >= 0.6 is 0 Å². The molecule has 0 unspecified atom stereocenters. The van der Waals surface area contributed by atoms with Crippen LogP contribution in [0.5, 0.6) is 0 Å². The normalized spacial score (nSPS) is 15.0. The van der Waals surface area contributed by atoms with Crippen molar-refractivity contribution in [2.24, 2.45) is 0 Å². The fourth-order valence-corrected chi connectivity index (χ4v) is 3.79. The summed E-state index contributed by atoms with van der Waals surface area (Å²) >= 11 is 0. The number of carbonyl (C=O) groups is 4. The molecular weight excluding hydrogens is 432 g/mol. The van der Waals surface area contributed by atoms with Gasteiger partial charge >= 0.3 is 0 Å². The van der Waals surface area contributed by atoms with Crippen molar-refractivity contribution in [1.82, 2.24) is 0 Å². The third kappa shape index (κ3) is 2.34. The summed E-state index contributed by atoms with van der Waals surface area (Å²) in [6.07, 6.45) is 0. The van der Waals surface area contributed by atoms with Gasteiger partial charge in [0.05, 0.1) is 22.3 Å². The fraction of sp³-hybridized carbons (Fsp3) is 0. The van der Waals surface area contributed by atoms with E-state index in [-0.39, 0.29) is 32.1 Å². The molecule has 2 heterocycles. The first-order valence-corrected chi connectivity index (χ1v) is 9.07. The van der Waals surface area contributed by atoms with Crippen molar-refractivity contribution in [1.29, 1.82) is 0 Å². The molecule has 0 atom stereocenters. The van der Waals surface area contributed by atoms with Gasteiger partial charge in [0.2, 0.25) is 0 Å². The van der Waals surface area contributed by atoms with Gasteiger partial charge in [-0.3, -0.25) is 19.2 Å². The Labute approximate surface area is 176 Å². The number of carbonyl (C=O) groups excluding carboxylic acids is 4. The van der Waals surface area contributed by atoms with Gasteiger partial charge in [0.1, 0.15) is 11.4 Å². The van der Waals surface area contributed by atoms with Crippen LogP contribution in [-0.2, 0) is 0 Å². The smallest absolute Gasteiger partial charge is 0.266 e. The molecule has 0 bridgehead atoms. The third-order valence-corrected chi connectivity index (χ3v) is 5.25. The maximum absolute atomic E-state index is 15.0. The molecule has 0 saturated heterocycles. The van der Waals surface area contributed by atoms with Crippen LogP contribution in [-0.4, -0.2) is 23.6 Å². The zero-order valence-electron chi connectivity index (χ0n) is 15.7. The van der Waals surface area contributed by atoms with E-state index in [2.05, 4.69) is 0 Å².